The van der Waals surface area contributed by atoms with Crippen LogP contribution in [0.15, 0.2) is 0 Å². The molecule has 0 aliphatic carbocycles. The second kappa shape index (κ2) is 23.0. The first-order valence-electron chi connectivity index (χ1n) is 17.3. The first kappa shape index (κ1) is 40.7. The Hall–Kier alpha value is -1.46. The molecule has 2 heterocycles. The number of hydrogen-bond donors (Lipinski definition) is 10. The van der Waals surface area contributed by atoms with Crippen LogP contribution < -0.4 is 10.6 Å². The van der Waals surface area contributed by atoms with Crippen LogP contribution in [0, 0.1) is 0 Å². The normalized spacial score (nSPS) is 31.5. The molecule has 2 rings (SSSR count). The Labute approximate surface area is 272 Å². The third-order valence-corrected chi connectivity index (χ3v) is 9.01. The Balaban J connectivity index is 1.33. The van der Waals surface area contributed by atoms with Gasteiger partial charge in [0, 0.05) is 12.8 Å². The highest BCUT2D eigenvalue weighted by Gasteiger charge is 2.45. The lowest BCUT2D eigenvalue weighted by atomic mass is 9.97. The first-order chi connectivity index (χ1) is 22.1. The van der Waals surface area contributed by atoms with Crippen molar-refractivity contribution in [1.82, 2.24) is 10.6 Å². The lowest BCUT2D eigenvalue weighted by Gasteiger charge is -2.40. The third kappa shape index (κ3) is 14.3. The fraction of sp³-hybridized carbons (Fsp3) is 0.938. The molecule has 14 heteroatoms. The molecule has 0 spiro atoms. The van der Waals surface area contributed by atoms with E-state index in [-0.39, 0.29) is 24.7 Å². The number of amides is 2. The highest BCUT2D eigenvalue weighted by atomic mass is 16.6. The molecule has 0 bridgehead atoms. The van der Waals surface area contributed by atoms with Crippen molar-refractivity contribution in [3.63, 3.8) is 0 Å². The van der Waals surface area contributed by atoms with Crippen LogP contribution in [0.1, 0.15) is 116 Å². The highest BCUT2D eigenvalue weighted by Crippen LogP contribution is 2.21. The molecule has 10 N–H and O–H groups in total. The van der Waals surface area contributed by atoms with Gasteiger partial charge in [-0.3, -0.25) is 9.59 Å². The zero-order chi connectivity index (χ0) is 33.9. The van der Waals surface area contributed by atoms with Crippen molar-refractivity contribution in [2.75, 3.05) is 13.2 Å². The van der Waals surface area contributed by atoms with Crippen molar-refractivity contribution in [2.24, 2.45) is 0 Å². The number of aliphatic hydroxyl groups is 8. The lowest BCUT2D eigenvalue weighted by molar-refractivity contribution is -0.253. The number of hydrogen-bond acceptors (Lipinski definition) is 12. The van der Waals surface area contributed by atoms with E-state index in [4.69, 9.17) is 19.7 Å². The van der Waals surface area contributed by atoms with Crippen LogP contribution in [-0.4, -0.2) is 127 Å². The van der Waals surface area contributed by atoms with Crippen LogP contribution in [0.4, 0.5) is 0 Å². The standard InChI is InChI=1S/C32H60N2O12/c35-19-21-27(39)29(41)25(31(43)45-21)33-23(37)17-15-13-11-9-7-5-3-1-2-4-6-8-10-12-14-16-18-24(38)34-26-30(42)28(40)22(20-36)46-32(26)44/h21-22,25-32,35-36,39-44H,1-20H2,(H,33,37)(H,34,38)/t21-,22-,25-,26-,27-,28-,29-,30-,31?,32?/m1/s1. The van der Waals surface area contributed by atoms with E-state index in [0.717, 1.165) is 38.5 Å². The molecule has 2 aliphatic rings. The Morgan fingerprint density at radius 2 is 0.696 bits per heavy atom. The van der Waals surface area contributed by atoms with Crippen LogP contribution >= 0.6 is 0 Å². The van der Waals surface area contributed by atoms with Crippen molar-refractivity contribution >= 4 is 11.8 Å². The summed E-state index contributed by atoms with van der Waals surface area (Å²) in [4.78, 5) is 24.4. The molecule has 2 aliphatic heterocycles. The first-order valence-corrected chi connectivity index (χ1v) is 17.3. The van der Waals surface area contributed by atoms with Gasteiger partial charge in [-0.05, 0) is 12.8 Å². The van der Waals surface area contributed by atoms with Gasteiger partial charge in [0.1, 0.15) is 48.7 Å². The Bertz CT molecular complexity index is 773. The molecule has 0 aromatic heterocycles. The van der Waals surface area contributed by atoms with Gasteiger partial charge in [-0.25, -0.2) is 0 Å². The van der Waals surface area contributed by atoms with E-state index in [0.29, 0.717) is 12.8 Å². The molecule has 0 aromatic carbocycles. The fourth-order valence-corrected chi connectivity index (χ4v) is 6.07. The molecule has 270 valence electrons. The largest absolute Gasteiger partial charge is 0.394 e. The van der Waals surface area contributed by atoms with E-state index >= 15 is 0 Å². The van der Waals surface area contributed by atoms with Gasteiger partial charge in [0.25, 0.3) is 0 Å². The average molecular weight is 665 g/mol. The minimum atomic E-state index is -1.50. The maximum absolute atomic E-state index is 12.2. The highest BCUT2D eigenvalue weighted by molar-refractivity contribution is 5.76. The minimum absolute atomic E-state index is 0.265. The van der Waals surface area contributed by atoms with Gasteiger partial charge in [0.2, 0.25) is 11.8 Å². The van der Waals surface area contributed by atoms with Crippen LogP contribution in [0.5, 0.6) is 0 Å². The molecular weight excluding hydrogens is 604 g/mol. The van der Waals surface area contributed by atoms with Gasteiger partial charge in [-0.2, -0.15) is 0 Å². The molecule has 0 aromatic rings. The molecule has 46 heavy (non-hydrogen) atoms. The molecule has 2 amide bonds. The van der Waals surface area contributed by atoms with E-state index in [1.54, 1.807) is 0 Å². The predicted molar refractivity (Wildman–Crippen MR) is 167 cm³/mol. The topological polar surface area (TPSA) is 238 Å². The summed E-state index contributed by atoms with van der Waals surface area (Å²) in [5.74, 6) is -0.642. The van der Waals surface area contributed by atoms with Crippen LogP contribution in [0.2, 0.25) is 0 Å². The molecule has 14 nitrogen and oxygen atoms in total. The van der Waals surface area contributed by atoms with Gasteiger partial charge < -0.3 is 61.0 Å². The van der Waals surface area contributed by atoms with E-state index in [2.05, 4.69) is 10.6 Å². The molecular formula is C32H60N2O12. The maximum atomic E-state index is 12.2. The summed E-state index contributed by atoms with van der Waals surface area (Å²) in [7, 11) is 0. The van der Waals surface area contributed by atoms with Crippen molar-refractivity contribution < 1.29 is 59.9 Å². The smallest absolute Gasteiger partial charge is 0.220 e. The monoisotopic (exact) mass is 664 g/mol. The number of ether oxygens (including phenoxy) is 2. The molecule has 0 saturated carbocycles. The van der Waals surface area contributed by atoms with Crippen molar-refractivity contribution in [3.8, 4) is 0 Å². The molecule has 2 unspecified atom stereocenters. The van der Waals surface area contributed by atoms with Crippen molar-refractivity contribution in [3.05, 3.63) is 0 Å². The Morgan fingerprint density at radius 3 is 0.957 bits per heavy atom. The van der Waals surface area contributed by atoms with Gasteiger partial charge in [0.15, 0.2) is 12.6 Å². The number of nitrogens with one attached hydrogen (secondary N) is 2. The number of unbranched alkanes of at least 4 members (excludes halogenated alkanes) is 15. The van der Waals surface area contributed by atoms with Crippen molar-refractivity contribution in [2.45, 2.75) is 177 Å². The number of rotatable bonds is 23. The zero-order valence-corrected chi connectivity index (χ0v) is 27.1. The SMILES string of the molecule is O=C(CCCCCCCCCCCCCCCCCCC(=O)N[C@H]1C(O)O[C@H](CO)[C@@H](O)[C@@H]1O)N[C@H]1C(O)O[C@H](CO)[C@@H](O)[C@@H]1O. The molecule has 0 radical (unpaired) electrons. The number of aliphatic hydroxyl groups excluding tert-OH is 8. The van der Waals surface area contributed by atoms with Gasteiger partial charge in [-0.1, -0.05) is 89.9 Å². The molecule has 2 fully saturated rings. The van der Waals surface area contributed by atoms with E-state index in [9.17, 15) is 40.2 Å². The molecule has 10 atom stereocenters. The van der Waals surface area contributed by atoms with Crippen LogP contribution in [-0.2, 0) is 19.1 Å². The summed E-state index contributed by atoms with van der Waals surface area (Å²) in [6.07, 6.45) is 6.98. The average Bonchev–Trinajstić information content (AvgIpc) is 3.04. The van der Waals surface area contributed by atoms with E-state index in [1.807, 2.05) is 0 Å². The summed E-state index contributed by atoms with van der Waals surface area (Å²) < 4.78 is 10.1. The van der Waals surface area contributed by atoms with E-state index in [1.165, 1.54) is 51.4 Å². The minimum Gasteiger partial charge on any atom is -0.394 e. The van der Waals surface area contributed by atoms with Gasteiger partial charge in [-0.15, -0.1) is 0 Å². The summed E-state index contributed by atoms with van der Waals surface area (Å²) in [5, 5.41) is 83.2. The quantitative estimate of drug-likeness (QED) is 0.0642. The predicted octanol–water partition coefficient (Wildman–Crippen LogP) is -0.160. The summed E-state index contributed by atoms with van der Waals surface area (Å²) in [6, 6.07) is -2.28. The zero-order valence-electron chi connectivity index (χ0n) is 27.1. The number of carbonyl (C=O) groups is 2. The third-order valence-electron chi connectivity index (χ3n) is 9.01. The summed E-state index contributed by atoms with van der Waals surface area (Å²) >= 11 is 0. The number of carbonyl (C=O) groups excluding carboxylic acids is 2. The van der Waals surface area contributed by atoms with Gasteiger partial charge in [0.05, 0.1) is 13.2 Å². The van der Waals surface area contributed by atoms with E-state index < -0.39 is 74.5 Å². The molecule has 2 saturated heterocycles. The Kier molecular flexibility index (Phi) is 20.3. The van der Waals surface area contributed by atoms with Crippen LogP contribution in [0.25, 0.3) is 0 Å². The second-order valence-electron chi connectivity index (χ2n) is 12.8. The van der Waals surface area contributed by atoms with Crippen LogP contribution in [0.3, 0.4) is 0 Å². The Morgan fingerprint density at radius 1 is 0.435 bits per heavy atom. The van der Waals surface area contributed by atoms with Crippen molar-refractivity contribution in [1.29, 1.82) is 0 Å². The summed E-state index contributed by atoms with van der Waals surface area (Å²) in [5.41, 5.74) is 0. The summed E-state index contributed by atoms with van der Waals surface area (Å²) in [6.45, 7) is -1.09. The second-order valence-corrected chi connectivity index (χ2v) is 12.8. The fourth-order valence-electron chi connectivity index (χ4n) is 6.07. The van der Waals surface area contributed by atoms with Gasteiger partial charge >= 0.3 is 0 Å². The maximum Gasteiger partial charge on any atom is 0.220 e. The lowest BCUT2D eigenvalue weighted by Crippen LogP contribution is -2.64.